The van der Waals surface area contributed by atoms with E-state index in [1.807, 2.05) is 12.1 Å². The van der Waals surface area contributed by atoms with Gasteiger partial charge in [-0.05, 0) is 37.5 Å². The van der Waals surface area contributed by atoms with Crippen LogP contribution in [0.1, 0.15) is 31.4 Å². The second kappa shape index (κ2) is 6.61. The highest BCUT2D eigenvalue weighted by atomic mass is 16.5. The van der Waals surface area contributed by atoms with E-state index in [0.29, 0.717) is 24.1 Å². The molecular formula is C15H21NO4. The van der Waals surface area contributed by atoms with E-state index in [1.165, 1.54) is 0 Å². The predicted octanol–water partition coefficient (Wildman–Crippen LogP) is 2.06. The zero-order valence-electron chi connectivity index (χ0n) is 12.1. The zero-order chi connectivity index (χ0) is 14.5. The highest BCUT2D eigenvalue weighted by Crippen LogP contribution is 2.30. The molecule has 1 unspecified atom stereocenters. The molecule has 0 spiro atoms. The number of carbonyl (C=O) groups is 1. The second-order valence-corrected chi connectivity index (χ2v) is 4.77. The topological polar surface area (TPSA) is 56.8 Å². The third-order valence-electron chi connectivity index (χ3n) is 3.21. The molecular weight excluding hydrogens is 258 g/mol. The van der Waals surface area contributed by atoms with Gasteiger partial charge in [-0.25, -0.2) is 4.79 Å². The molecule has 1 aliphatic rings. The Bertz CT molecular complexity index is 449. The molecule has 20 heavy (non-hydrogen) atoms. The van der Waals surface area contributed by atoms with Crippen molar-refractivity contribution in [1.82, 2.24) is 5.32 Å². The summed E-state index contributed by atoms with van der Waals surface area (Å²) in [7, 11) is 3.18. The third-order valence-corrected chi connectivity index (χ3v) is 3.21. The van der Waals surface area contributed by atoms with E-state index >= 15 is 0 Å². The van der Waals surface area contributed by atoms with Crippen LogP contribution in [0.15, 0.2) is 18.2 Å². The Morgan fingerprint density at radius 3 is 2.30 bits per heavy atom. The molecule has 110 valence electrons. The number of esters is 1. The van der Waals surface area contributed by atoms with Crippen LogP contribution in [0.2, 0.25) is 0 Å². The molecule has 5 nitrogen and oxygen atoms in total. The van der Waals surface area contributed by atoms with Crippen molar-refractivity contribution in [2.24, 2.45) is 0 Å². The van der Waals surface area contributed by atoms with Crippen LogP contribution in [-0.4, -0.2) is 32.8 Å². The van der Waals surface area contributed by atoms with E-state index in [1.54, 1.807) is 27.2 Å². The van der Waals surface area contributed by atoms with Gasteiger partial charge >= 0.3 is 5.97 Å². The van der Waals surface area contributed by atoms with E-state index in [9.17, 15) is 4.79 Å². The largest absolute Gasteiger partial charge is 0.497 e. The molecule has 0 amide bonds. The quantitative estimate of drug-likeness (QED) is 0.774. The van der Waals surface area contributed by atoms with Gasteiger partial charge in [0.05, 0.1) is 20.8 Å². The monoisotopic (exact) mass is 279 g/mol. The number of benzene rings is 1. The van der Waals surface area contributed by atoms with Crippen molar-refractivity contribution in [3.05, 3.63) is 23.8 Å². The maximum absolute atomic E-state index is 12.1. The van der Waals surface area contributed by atoms with Gasteiger partial charge in [0.2, 0.25) is 0 Å². The summed E-state index contributed by atoms with van der Waals surface area (Å²) >= 11 is 0. The minimum Gasteiger partial charge on any atom is -0.497 e. The summed E-state index contributed by atoms with van der Waals surface area (Å²) in [6.07, 6.45) is 2.19. The molecule has 2 rings (SSSR count). The first kappa shape index (κ1) is 14.7. The molecule has 1 aliphatic carbocycles. The third kappa shape index (κ3) is 3.63. The minimum atomic E-state index is -0.480. The molecule has 5 heteroatoms. The molecule has 0 saturated heterocycles. The van der Waals surface area contributed by atoms with Crippen molar-refractivity contribution in [1.29, 1.82) is 0 Å². The van der Waals surface area contributed by atoms with E-state index in [4.69, 9.17) is 14.2 Å². The van der Waals surface area contributed by atoms with Gasteiger partial charge in [0.25, 0.3) is 0 Å². The molecule has 0 aromatic heterocycles. The number of hydrogen-bond acceptors (Lipinski definition) is 5. The molecule has 0 aliphatic heterocycles. The van der Waals surface area contributed by atoms with Gasteiger partial charge in [0.15, 0.2) is 0 Å². The summed E-state index contributed by atoms with van der Waals surface area (Å²) in [6, 6.07) is 5.36. The Hall–Kier alpha value is -1.75. The minimum absolute atomic E-state index is 0.269. The molecule has 1 aromatic carbocycles. The van der Waals surface area contributed by atoms with Crippen molar-refractivity contribution in [3.8, 4) is 11.5 Å². The molecule has 1 aromatic rings. The maximum Gasteiger partial charge on any atom is 0.327 e. The summed E-state index contributed by atoms with van der Waals surface area (Å²) in [6.45, 7) is 2.17. The zero-order valence-corrected chi connectivity index (χ0v) is 12.1. The smallest absolute Gasteiger partial charge is 0.327 e. The molecule has 0 radical (unpaired) electrons. The van der Waals surface area contributed by atoms with E-state index in [0.717, 1.165) is 18.4 Å². The van der Waals surface area contributed by atoms with E-state index in [2.05, 4.69) is 5.32 Å². The van der Waals surface area contributed by atoms with Crippen LogP contribution in [0, 0.1) is 0 Å². The number of rotatable bonds is 7. The summed E-state index contributed by atoms with van der Waals surface area (Å²) in [5.41, 5.74) is 0.798. The summed E-state index contributed by atoms with van der Waals surface area (Å²) in [5.74, 6) is 1.05. The lowest BCUT2D eigenvalue weighted by molar-refractivity contribution is -0.145. The van der Waals surface area contributed by atoms with Crippen molar-refractivity contribution >= 4 is 5.97 Å². The number of ether oxygens (including phenoxy) is 3. The first-order valence-electron chi connectivity index (χ1n) is 6.83. The van der Waals surface area contributed by atoms with E-state index < -0.39 is 6.04 Å². The average molecular weight is 279 g/mol. The molecule has 1 N–H and O–H groups in total. The first-order chi connectivity index (χ1) is 9.67. The number of hydrogen-bond donors (Lipinski definition) is 1. The Morgan fingerprint density at radius 1 is 1.25 bits per heavy atom. The Balaban J connectivity index is 2.28. The highest BCUT2D eigenvalue weighted by Gasteiger charge is 2.31. The molecule has 1 saturated carbocycles. The fraction of sp³-hybridized carbons (Fsp3) is 0.533. The number of nitrogens with one attached hydrogen (secondary N) is 1. The number of carbonyl (C=O) groups excluding carboxylic acids is 1. The molecule has 0 heterocycles. The van der Waals surface area contributed by atoms with Gasteiger partial charge in [0, 0.05) is 12.1 Å². The Kier molecular flexibility index (Phi) is 4.84. The van der Waals surface area contributed by atoms with Crippen LogP contribution < -0.4 is 14.8 Å². The van der Waals surface area contributed by atoms with Gasteiger partial charge in [-0.2, -0.15) is 0 Å². The van der Waals surface area contributed by atoms with Crippen LogP contribution >= 0.6 is 0 Å². The van der Waals surface area contributed by atoms with Crippen LogP contribution in [-0.2, 0) is 9.53 Å². The van der Waals surface area contributed by atoms with Crippen molar-refractivity contribution in [2.75, 3.05) is 20.8 Å². The van der Waals surface area contributed by atoms with Gasteiger partial charge < -0.3 is 14.2 Å². The van der Waals surface area contributed by atoms with Crippen molar-refractivity contribution < 1.29 is 19.0 Å². The Morgan fingerprint density at radius 2 is 1.85 bits per heavy atom. The average Bonchev–Trinajstić information content (AvgIpc) is 3.28. The van der Waals surface area contributed by atoms with Gasteiger partial charge in [0.1, 0.15) is 17.5 Å². The normalized spacial score (nSPS) is 15.6. The van der Waals surface area contributed by atoms with Gasteiger partial charge in [-0.15, -0.1) is 0 Å². The summed E-state index contributed by atoms with van der Waals surface area (Å²) < 4.78 is 15.6. The van der Waals surface area contributed by atoms with Crippen molar-refractivity contribution in [2.45, 2.75) is 31.8 Å². The van der Waals surface area contributed by atoms with Crippen LogP contribution in [0.4, 0.5) is 0 Å². The van der Waals surface area contributed by atoms with Gasteiger partial charge in [-0.1, -0.05) is 0 Å². The highest BCUT2D eigenvalue weighted by molar-refractivity contribution is 5.78. The summed E-state index contributed by atoms with van der Waals surface area (Å²) in [4.78, 5) is 12.1. The molecule has 1 atom stereocenters. The maximum atomic E-state index is 12.1. The second-order valence-electron chi connectivity index (χ2n) is 4.77. The SMILES string of the molecule is CCOC(=O)C(NC1CC1)c1cc(OC)cc(OC)c1. The predicted molar refractivity (Wildman–Crippen MR) is 75.1 cm³/mol. The fourth-order valence-corrected chi connectivity index (χ4v) is 2.01. The fourth-order valence-electron chi connectivity index (χ4n) is 2.01. The lowest BCUT2D eigenvalue weighted by atomic mass is 10.1. The van der Waals surface area contributed by atoms with Gasteiger partial charge in [-0.3, -0.25) is 5.32 Å². The van der Waals surface area contributed by atoms with Crippen LogP contribution in [0.5, 0.6) is 11.5 Å². The lowest BCUT2D eigenvalue weighted by Gasteiger charge is -2.19. The van der Waals surface area contributed by atoms with Crippen LogP contribution in [0.25, 0.3) is 0 Å². The van der Waals surface area contributed by atoms with Crippen molar-refractivity contribution in [3.63, 3.8) is 0 Å². The van der Waals surface area contributed by atoms with E-state index in [-0.39, 0.29) is 5.97 Å². The lowest BCUT2D eigenvalue weighted by Crippen LogP contribution is -2.31. The summed E-state index contributed by atoms with van der Waals surface area (Å²) in [5, 5.41) is 3.31. The molecule has 1 fully saturated rings. The Labute approximate surface area is 119 Å². The standard InChI is InChI=1S/C15H21NO4/c1-4-20-15(17)14(16-11-5-6-11)10-7-12(18-2)9-13(8-10)19-3/h7-9,11,14,16H,4-6H2,1-3H3. The first-order valence-corrected chi connectivity index (χ1v) is 6.83. The number of methoxy groups -OCH3 is 2. The van der Waals surface area contributed by atoms with Crippen LogP contribution in [0.3, 0.4) is 0 Å². The molecule has 0 bridgehead atoms.